The molecule has 3 amide bonds. The minimum Gasteiger partial charge on any atom is -0.365 e. The number of alkyl halides is 1. The number of aromatic amines is 1. The van der Waals surface area contributed by atoms with Crippen LogP contribution in [0.15, 0.2) is 263 Å². The summed E-state index contributed by atoms with van der Waals surface area (Å²) in [6.07, 6.45) is 18.2. The molecule has 38 heteroatoms. The van der Waals surface area contributed by atoms with Gasteiger partial charge in [0.25, 0.3) is 17.7 Å². The zero-order chi connectivity index (χ0) is 85.7. The predicted octanol–water partition coefficient (Wildman–Crippen LogP) is 16.8. The van der Waals surface area contributed by atoms with Gasteiger partial charge in [-0.2, -0.15) is 12.7 Å². The van der Waals surface area contributed by atoms with Crippen LogP contribution < -0.4 is 31.9 Å². The minimum absolute atomic E-state index is 0.0107. The Labute approximate surface area is 725 Å². The molecule has 0 bridgehead atoms. The zero-order valence-corrected chi connectivity index (χ0v) is 70.5. The lowest BCUT2D eigenvalue weighted by Gasteiger charge is -2.23. The van der Waals surface area contributed by atoms with Crippen molar-refractivity contribution in [2.75, 3.05) is 22.5 Å². The normalized spacial score (nSPS) is 13.8. The number of fused-ring (bicyclic) bond motifs is 3. The Hall–Kier alpha value is -12.7. The molecule has 12 heterocycles. The van der Waals surface area contributed by atoms with E-state index in [1.54, 1.807) is 138 Å². The van der Waals surface area contributed by atoms with Crippen molar-refractivity contribution >= 4 is 157 Å². The highest BCUT2D eigenvalue weighted by Gasteiger charge is 2.46. The quantitative estimate of drug-likeness (QED) is 0.0231. The Balaban J connectivity index is 0.000000143. The third kappa shape index (κ3) is 22.1. The number of anilines is 3. The molecule has 620 valence electrons. The van der Waals surface area contributed by atoms with Crippen molar-refractivity contribution in [1.29, 1.82) is 0 Å². The highest BCUT2D eigenvalue weighted by atomic mass is 79.9. The molecule has 10 aromatic heterocycles. The Morgan fingerprint density at radius 3 is 1.46 bits per heavy atom. The van der Waals surface area contributed by atoms with Crippen molar-refractivity contribution in [2.45, 2.75) is 55.2 Å². The van der Waals surface area contributed by atoms with Gasteiger partial charge in [0, 0.05) is 138 Å². The van der Waals surface area contributed by atoms with E-state index in [2.05, 4.69) is 130 Å². The summed E-state index contributed by atoms with van der Waals surface area (Å²) >= 11 is 11.0. The lowest BCUT2D eigenvalue weighted by Crippen LogP contribution is -2.37. The molecule has 1 saturated heterocycles. The fraction of sp³-hybridized carbons (Fsp3) is 0.119. The number of aliphatic imine (C=N–C) groups is 2. The molecule has 0 saturated carbocycles. The maximum absolute atomic E-state index is 13.5. The van der Waals surface area contributed by atoms with Gasteiger partial charge in [0.1, 0.15) is 53.9 Å². The average molecular weight is 1870 g/mol. The molecule has 15 aromatic rings. The van der Waals surface area contributed by atoms with E-state index in [4.69, 9.17) is 8.42 Å². The number of nitrogens with zero attached hydrogens (tertiary/aromatic N) is 11. The van der Waals surface area contributed by atoms with Gasteiger partial charge in [0.15, 0.2) is 34.9 Å². The molecule has 3 atom stereocenters. The molecule has 0 spiro atoms. The van der Waals surface area contributed by atoms with E-state index >= 15 is 0 Å². The fourth-order valence-electron chi connectivity index (χ4n) is 12.5. The average Bonchev–Trinajstić information content (AvgIpc) is 1.62. The summed E-state index contributed by atoms with van der Waals surface area (Å²) in [4.78, 5) is 85.0. The number of carbonyl (C=O) groups excluding carboxylic acids is 3. The van der Waals surface area contributed by atoms with Crippen molar-refractivity contribution in [3.63, 3.8) is 0 Å². The molecule has 25 nitrogen and oxygen atoms in total. The van der Waals surface area contributed by atoms with Gasteiger partial charge in [-0.3, -0.25) is 19.4 Å². The van der Waals surface area contributed by atoms with Crippen LogP contribution in [-0.2, 0) is 60.9 Å². The predicted molar refractivity (Wildman–Crippen MR) is 465 cm³/mol. The number of sulfonamides is 1. The lowest BCUT2D eigenvalue weighted by atomic mass is 10.1. The number of carbonyl (C=O) groups is 3. The molecular formula is C84H66Br2F6N18O7S5. The molecule has 0 radical (unpaired) electrons. The summed E-state index contributed by atoms with van der Waals surface area (Å²) in [6.45, 7) is 2.07. The summed E-state index contributed by atoms with van der Waals surface area (Å²) in [5.74, 6) is -5.41. The Morgan fingerprint density at radius 1 is 0.516 bits per heavy atom. The van der Waals surface area contributed by atoms with E-state index in [9.17, 15) is 49.1 Å². The van der Waals surface area contributed by atoms with E-state index in [0.717, 1.165) is 103 Å². The van der Waals surface area contributed by atoms with Gasteiger partial charge in [0.2, 0.25) is 10.0 Å². The smallest absolute Gasteiger partial charge is 0.335 e. The highest BCUT2D eigenvalue weighted by molar-refractivity contribution is 9.11. The Morgan fingerprint density at radius 2 is 0.975 bits per heavy atom. The van der Waals surface area contributed by atoms with E-state index < -0.39 is 62.7 Å². The van der Waals surface area contributed by atoms with Crippen LogP contribution in [0.25, 0.3) is 48.6 Å². The molecule has 5 aromatic carbocycles. The van der Waals surface area contributed by atoms with Crippen molar-refractivity contribution < 1.29 is 57.6 Å². The summed E-state index contributed by atoms with van der Waals surface area (Å²) < 4.78 is 126. The summed E-state index contributed by atoms with van der Waals surface area (Å²) in [6, 6.07) is 51.1. The zero-order valence-electron chi connectivity index (χ0n) is 63.3. The largest absolute Gasteiger partial charge is 0.365 e. The van der Waals surface area contributed by atoms with Crippen LogP contribution in [-0.4, -0.2) is 113 Å². The monoisotopic (exact) mass is 1870 g/mol. The first kappa shape index (κ1) is 87.1. The van der Waals surface area contributed by atoms with E-state index in [0.29, 0.717) is 81.9 Å². The van der Waals surface area contributed by atoms with Crippen LogP contribution in [0, 0.1) is 40.8 Å². The maximum Gasteiger partial charge on any atom is 0.335 e. The number of pyridine rings is 3. The van der Waals surface area contributed by atoms with Crippen molar-refractivity contribution in [2.24, 2.45) is 15.9 Å². The van der Waals surface area contributed by atoms with Gasteiger partial charge < -0.3 is 41.5 Å². The number of halogens is 8. The number of hydrogen-bond acceptors (Lipinski definition) is 22. The summed E-state index contributed by atoms with van der Waals surface area (Å²) in [7, 11) is -3.51. The third-order valence-corrected chi connectivity index (χ3v) is 25.0. The van der Waals surface area contributed by atoms with Crippen molar-refractivity contribution in [3.05, 3.63) is 331 Å². The van der Waals surface area contributed by atoms with Crippen LogP contribution in [0.5, 0.6) is 0 Å². The third-order valence-electron chi connectivity index (χ3n) is 18.4. The first-order valence-electron chi connectivity index (χ1n) is 36.7. The van der Waals surface area contributed by atoms with Crippen LogP contribution in [0.2, 0.25) is 0 Å². The van der Waals surface area contributed by atoms with Crippen molar-refractivity contribution in [1.82, 2.24) is 64.7 Å². The van der Waals surface area contributed by atoms with Crippen LogP contribution in [0.1, 0.15) is 62.4 Å². The molecule has 2 aliphatic rings. The van der Waals surface area contributed by atoms with Gasteiger partial charge in [-0.25, -0.2) is 74.6 Å². The van der Waals surface area contributed by atoms with Crippen LogP contribution in [0.4, 0.5) is 43.8 Å². The molecule has 3 unspecified atom stereocenters. The second kappa shape index (κ2) is 41.5. The number of rotatable bonds is 23. The number of benzene rings is 5. The summed E-state index contributed by atoms with van der Waals surface area (Å²) in [5.41, 5.74) is 7.16. The number of para-hydroxylation sites is 1. The van der Waals surface area contributed by atoms with E-state index in [1.165, 1.54) is 35.2 Å². The van der Waals surface area contributed by atoms with Gasteiger partial charge >= 0.3 is 11.6 Å². The van der Waals surface area contributed by atoms with Gasteiger partial charge in [0.05, 0.1) is 45.0 Å². The molecular weight excluding hydrogens is 1810 g/mol. The fourth-order valence-corrected chi connectivity index (χ4v) is 18.4. The van der Waals surface area contributed by atoms with Gasteiger partial charge in [-0.1, -0.05) is 70.5 Å². The number of thiophene rings is 3. The molecule has 122 heavy (non-hydrogen) atoms. The van der Waals surface area contributed by atoms with Crippen LogP contribution in [0.3, 0.4) is 0 Å². The molecule has 0 aliphatic carbocycles. The second-order valence-electron chi connectivity index (χ2n) is 26.3. The highest BCUT2D eigenvalue weighted by Crippen LogP contribution is 2.39. The summed E-state index contributed by atoms with van der Waals surface area (Å²) in [5, 5.41) is 19.7. The van der Waals surface area contributed by atoms with E-state index in [1.807, 2.05) is 73.1 Å². The second-order valence-corrected chi connectivity index (χ2v) is 34.4. The first-order chi connectivity index (χ1) is 59.2. The molecule has 17 rings (SSSR count). The molecule has 2 aliphatic heterocycles. The Kier molecular flexibility index (Phi) is 29.7. The van der Waals surface area contributed by atoms with Crippen molar-refractivity contribution in [3.8, 4) is 26.6 Å². The topological polar surface area (TPSA) is 331 Å². The number of nitrogens with one attached hydrogen (secondary N) is 7. The minimum atomic E-state index is -3.51. The SMILES string of the molecule is O=C(NCc1ccc(F)c(F)c1)c1cccnc1NCc1ccc(-c2c[nH]c3ncncc23)s1.O=C(NCc1ccc(F)c(F)c1)c1cccnc1NCc1ccc(-c2cn(-c3ccccc3)c3ncncc23)s1.O=C(NCc1ccc(F)c(F)c1)c1cccnc1NCc1ccc(Br)s1.O=S(=O)(c1ccccc1)N1CC(Br)C2C=NC=NC21.O=S=O. The van der Waals surface area contributed by atoms with Crippen LogP contribution >= 0.6 is 65.9 Å². The number of amides is 3. The first-order valence-corrected chi connectivity index (χ1v) is 42.9. The molecule has 1 fully saturated rings. The number of aromatic nitrogens is 9. The van der Waals surface area contributed by atoms with E-state index in [-0.39, 0.29) is 48.1 Å². The maximum atomic E-state index is 13.5. The Bertz CT molecular complexity index is 6450. The number of H-pyrrole nitrogens is 1. The molecule has 7 N–H and O–H groups in total. The standard InChI is InChI=1S/C30H22F2N6OS.C24H18F2N6OS.C18H14BrF2N3OS.C12H12BrN3O2S.O2S/c31-25-10-8-19(13-26(25)32)14-36-30(39)22-7-4-12-34-28(22)35-15-21-9-11-27(40-21)24-17-38(20-5-2-1-3-6-20)29-23(24)16-33-18-37-29;25-19-5-3-14(8-20(19)26)9-31-24(33)16-2-1-7-28-22(16)29-10-15-4-6-21(34-15)17-12-30-23-18(17)11-27-13-32-23;19-16-6-4-12(26-16)10-23-17-13(2-1-7-22-17)18(25)24-9-11-3-5-14(20)15(21)8-11;13-11-7-16(12-10(11)6-14-8-15-12)19(17,18)9-4-2-1-3-5-9;1-3-2/h1-13,16-18H,14-15H2,(H,34,35)(H,36,39);1-8,11-13H,9-10H2,(H,28,29)(H,31,33)(H,27,30,32);1-8H,9-10H2,(H,22,23)(H,24,25);1-6,8,10-12H,7H2;. The van der Waals surface area contributed by atoms with Gasteiger partial charge in [-0.05, 0) is 166 Å². The lowest BCUT2D eigenvalue weighted by molar-refractivity contribution is 0.0943. The number of hydrogen-bond donors (Lipinski definition) is 7. The van der Waals surface area contributed by atoms with Gasteiger partial charge in [-0.15, -0.1) is 34.0 Å².